The number of rotatable bonds is 4. The number of halogens is 1. The van der Waals surface area contributed by atoms with E-state index in [2.05, 4.69) is 0 Å². The first-order valence-corrected chi connectivity index (χ1v) is 4.42. The Bertz CT molecular complexity index is 368. The Hall–Kier alpha value is -1.62. The lowest BCUT2D eigenvalue weighted by atomic mass is 10.2. The number of carbonyl (C=O) groups is 1. The summed E-state index contributed by atoms with van der Waals surface area (Å²) in [6, 6.07) is 3.92. The molecule has 82 valence electrons. The van der Waals surface area contributed by atoms with E-state index < -0.39 is 17.9 Å². The van der Waals surface area contributed by atoms with Crippen molar-refractivity contribution < 1.29 is 19.0 Å². The number of hydrogen-bond acceptors (Lipinski definition) is 3. The molecule has 0 spiro atoms. The summed E-state index contributed by atoms with van der Waals surface area (Å²) in [5, 5.41) is 8.60. The summed E-state index contributed by atoms with van der Waals surface area (Å²) in [6.45, 7) is 1.55. The highest BCUT2D eigenvalue weighted by Gasteiger charge is 2.13. The molecule has 0 aliphatic carbocycles. The summed E-state index contributed by atoms with van der Waals surface area (Å²) in [6.07, 6.45) is -1.02. The Morgan fingerprint density at radius 1 is 1.60 bits per heavy atom. The zero-order valence-electron chi connectivity index (χ0n) is 8.24. The molecule has 1 atom stereocenters. The van der Waals surface area contributed by atoms with Crippen LogP contribution in [-0.4, -0.2) is 17.2 Å². The molecule has 4 nitrogen and oxygen atoms in total. The van der Waals surface area contributed by atoms with Gasteiger partial charge in [-0.1, -0.05) is 0 Å². The van der Waals surface area contributed by atoms with Gasteiger partial charge in [0.1, 0.15) is 11.6 Å². The number of carboxylic acids is 1. The molecule has 0 fully saturated rings. The zero-order valence-corrected chi connectivity index (χ0v) is 8.24. The summed E-state index contributed by atoms with van der Waals surface area (Å²) in [5.74, 6) is -1.43. The molecule has 3 N–H and O–H groups in total. The average molecular weight is 213 g/mol. The normalized spacial score (nSPS) is 12.2. The standard InChI is InChI=1S/C10H12FNO3/c1-6(10(13)14)15-9-3-7(5-12)2-8(11)4-9/h2-4,6H,5,12H2,1H3,(H,13,14). The van der Waals surface area contributed by atoms with E-state index in [1.165, 1.54) is 19.1 Å². The Labute approximate surface area is 86.5 Å². The fourth-order valence-electron chi connectivity index (χ4n) is 1.06. The quantitative estimate of drug-likeness (QED) is 0.786. The summed E-state index contributed by atoms with van der Waals surface area (Å²) >= 11 is 0. The van der Waals surface area contributed by atoms with Gasteiger partial charge in [-0.05, 0) is 24.6 Å². The summed E-state index contributed by atoms with van der Waals surface area (Å²) < 4.78 is 18.0. The fourth-order valence-corrected chi connectivity index (χ4v) is 1.06. The van der Waals surface area contributed by atoms with Gasteiger partial charge >= 0.3 is 5.97 Å². The topological polar surface area (TPSA) is 72.5 Å². The van der Waals surface area contributed by atoms with Crippen molar-refractivity contribution in [3.05, 3.63) is 29.6 Å². The van der Waals surface area contributed by atoms with Gasteiger partial charge < -0.3 is 15.6 Å². The molecule has 1 unspecified atom stereocenters. The molecule has 15 heavy (non-hydrogen) atoms. The van der Waals surface area contributed by atoms with E-state index >= 15 is 0 Å². The minimum Gasteiger partial charge on any atom is -0.479 e. The maximum atomic E-state index is 13.0. The highest BCUT2D eigenvalue weighted by molar-refractivity contribution is 5.72. The second kappa shape index (κ2) is 4.75. The summed E-state index contributed by atoms with van der Waals surface area (Å²) in [5.41, 5.74) is 5.90. The molecule has 0 bridgehead atoms. The van der Waals surface area contributed by atoms with E-state index in [4.69, 9.17) is 15.6 Å². The van der Waals surface area contributed by atoms with Crippen LogP contribution in [0.4, 0.5) is 4.39 Å². The van der Waals surface area contributed by atoms with Crippen LogP contribution in [0.25, 0.3) is 0 Å². The van der Waals surface area contributed by atoms with E-state index in [1.807, 2.05) is 0 Å². The van der Waals surface area contributed by atoms with Crippen molar-refractivity contribution in [1.82, 2.24) is 0 Å². The van der Waals surface area contributed by atoms with Gasteiger partial charge in [-0.2, -0.15) is 0 Å². The molecule has 1 aromatic carbocycles. The highest BCUT2D eigenvalue weighted by atomic mass is 19.1. The largest absolute Gasteiger partial charge is 0.479 e. The van der Waals surface area contributed by atoms with Crippen LogP contribution >= 0.6 is 0 Å². The van der Waals surface area contributed by atoms with Crippen LogP contribution in [0.3, 0.4) is 0 Å². The van der Waals surface area contributed by atoms with E-state index in [-0.39, 0.29) is 12.3 Å². The van der Waals surface area contributed by atoms with Gasteiger partial charge in [0.2, 0.25) is 0 Å². The molecule has 1 rings (SSSR count). The minimum atomic E-state index is -1.10. The number of nitrogens with two attached hydrogens (primary N) is 1. The molecule has 0 radical (unpaired) electrons. The first-order chi connectivity index (χ1) is 7.02. The van der Waals surface area contributed by atoms with Crippen molar-refractivity contribution in [2.75, 3.05) is 0 Å². The Morgan fingerprint density at radius 3 is 2.80 bits per heavy atom. The molecular formula is C10H12FNO3. The van der Waals surface area contributed by atoms with Crippen LogP contribution in [0, 0.1) is 5.82 Å². The molecule has 0 aliphatic heterocycles. The lowest BCUT2D eigenvalue weighted by Crippen LogP contribution is -2.23. The van der Waals surface area contributed by atoms with E-state index in [9.17, 15) is 9.18 Å². The van der Waals surface area contributed by atoms with Crippen molar-refractivity contribution in [3.63, 3.8) is 0 Å². The van der Waals surface area contributed by atoms with E-state index in [1.54, 1.807) is 0 Å². The SMILES string of the molecule is CC(Oc1cc(F)cc(CN)c1)C(=O)O. The van der Waals surface area contributed by atoms with Gasteiger partial charge in [0.25, 0.3) is 0 Å². The van der Waals surface area contributed by atoms with Crippen LogP contribution < -0.4 is 10.5 Å². The maximum Gasteiger partial charge on any atom is 0.344 e. The minimum absolute atomic E-state index is 0.172. The molecule has 0 saturated carbocycles. The second-order valence-corrected chi connectivity index (χ2v) is 3.10. The van der Waals surface area contributed by atoms with Crippen LogP contribution in [-0.2, 0) is 11.3 Å². The fraction of sp³-hybridized carbons (Fsp3) is 0.300. The van der Waals surface area contributed by atoms with E-state index in [0.717, 1.165) is 6.07 Å². The van der Waals surface area contributed by atoms with Gasteiger partial charge in [-0.25, -0.2) is 9.18 Å². The van der Waals surface area contributed by atoms with E-state index in [0.29, 0.717) is 5.56 Å². The predicted molar refractivity (Wildman–Crippen MR) is 52.0 cm³/mol. The molecular weight excluding hydrogens is 201 g/mol. The smallest absolute Gasteiger partial charge is 0.344 e. The van der Waals surface area contributed by atoms with Gasteiger partial charge in [0, 0.05) is 12.6 Å². The first kappa shape index (κ1) is 11.5. The third kappa shape index (κ3) is 3.21. The van der Waals surface area contributed by atoms with Gasteiger partial charge in [0.15, 0.2) is 6.10 Å². The number of aliphatic carboxylic acids is 1. The Kier molecular flexibility index (Phi) is 3.62. The third-order valence-corrected chi connectivity index (χ3v) is 1.83. The van der Waals surface area contributed by atoms with Gasteiger partial charge in [0.05, 0.1) is 0 Å². The van der Waals surface area contributed by atoms with Crippen molar-refractivity contribution >= 4 is 5.97 Å². The predicted octanol–water partition coefficient (Wildman–Crippen LogP) is 1.14. The first-order valence-electron chi connectivity index (χ1n) is 4.42. The Morgan fingerprint density at radius 2 is 2.27 bits per heavy atom. The van der Waals surface area contributed by atoms with Gasteiger partial charge in [-0.15, -0.1) is 0 Å². The number of benzene rings is 1. The molecule has 0 saturated heterocycles. The summed E-state index contributed by atoms with van der Waals surface area (Å²) in [7, 11) is 0. The zero-order chi connectivity index (χ0) is 11.4. The van der Waals surface area contributed by atoms with Crippen molar-refractivity contribution in [2.45, 2.75) is 19.6 Å². The molecule has 0 aliphatic rings. The van der Waals surface area contributed by atoms with Crippen molar-refractivity contribution in [3.8, 4) is 5.75 Å². The molecule has 0 heterocycles. The average Bonchev–Trinajstić information content (AvgIpc) is 2.16. The number of hydrogen-bond donors (Lipinski definition) is 2. The number of carboxylic acid groups (broad SMARTS) is 1. The highest BCUT2D eigenvalue weighted by Crippen LogP contribution is 2.17. The summed E-state index contributed by atoms with van der Waals surface area (Å²) in [4.78, 5) is 10.5. The van der Waals surface area contributed by atoms with Crippen LogP contribution in [0.5, 0.6) is 5.75 Å². The van der Waals surface area contributed by atoms with Crippen molar-refractivity contribution in [2.24, 2.45) is 5.73 Å². The third-order valence-electron chi connectivity index (χ3n) is 1.83. The van der Waals surface area contributed by atoms with Crippen LogP contribution in [0.15, 0.2) is 18.2 Å². The molecule has 1 aromatic rings. The number of ether oxygens (including phenoxy) is 1. The second-order valence-electron chi connectivity index (χ2n) is 3.10. The Balaban J connectivity index is 2.85. The monoisotopic (exact) mass is 213 g/mol. The maximum absolute atomic E-state index is 13.0. The van der Waals surface area contributed by atoms with Gasteiger partial charge in [-0.3, -0.25) is 0 Å². The lowest BCUT2D eigenvalue weighted by molar-refractivity contribution is -0.144. The molecule has 0 aromatic heterocycles. The van der Waals surface area contributed by atoms with Crippen LogP contribution in [0.1, 0.15) is 12.5 Å². The van der Waals surface area contributed by atoms with Crippen molar-refractivity contribution in [1.29, 1.82) is 0 Å². The molecule has 5 heteroatoms. The lowest BCUT2D eigenvalue weighted by Gasteiger charge is -2.11. The van der Waals surface area contributed by atoms with Crippen LogP contribution in [0.2, 0.25) is 0 Å². The molecule has 0 amide bonds.